The molecule has 4 heteroatoms. The van der Waals surface area contributed by atoms with Gasteiger partial charge in [0.15, 0.2) is 0 Å². The summed E-state index contributed by atoms with van der Waals surface area (Å²) in [5.74, 6) is -0.0266. The first-order valence-electron chi connectivity index (χ1n) is 6.50. The number of benzene rings is 1. The zero-order chi connectivity index (χ0) is 14.6. The Bertz CT molecular complexity index is 443. The molecular weight excluding hydrogens is 242 g/mol. The van der Waals surface area contributed by atoms with Crippen LogP contribution in [0.15, 0.2) is 24.3 Å². The van der Waals surface area contributed by atoms with Crippen molar-refractivity contribution in [2.75, 3.05) is 13.7 Å². The van der Waals surface area contributed by atoms with Gasteiger partial charge in [0.25, 0.3) is 0 Å². The molecule has 0 bridgehead atoms. The van der Waals surface area contributed by atoms with E-state index in [1.165, 1.54) is 0 Å². The van der Waals surface area contributed by atoms with Gasteiger partial charge in [0.2, 0.25) is 0 Å². The monoisotopic (exact) mass is 265 g/mol. The Morgan fingerprint density at radius 1 is 1.42 bits per heavy atom. The molecule has 1 rings (SSSR count). The highest BCUT2D eigenvalue weighted by atomic mass is 16.5. The molecule has 1 aromatic rings. The van der Waals surface area contributed by atoms with E-state index in [1.807, 2.05) is 50.1 Å². The molecule has 0 spiro atoms. The van der Waals surface area contributed by atoms with Gasteiger partial charge in [-0.1, -0.05) is 18.2 Å². The number of aliphatic carboxylic acids is 1. The predicted molar refractivity (Wildman–Crippen MR) is 75.5 cm³/mol. The first-order chi connectivity index (χ1) is 8.82. The van der Waals surface area contributed by atoms with Crippen LogP contribution in [0, 0.1) is 0 Å². The van der Waals surface area contributed by atoms with Crippen molar-refractivity contribution in [3.63, 3.8) is 0 Å². The van der Waals surface area contributed by atoms with Crippen LogP contribution in [-0.2, 0) is 4.79 Å². The molecule has 0 saturated carbocycles. The van der Waals surface area contributed by atoms with Crippen molar-refractivity contribution in [3.05, 3.63) is 29.8 Å². The van der Waals surface area contributed by atoms with Gasteiger partial charge in [-0.25, -0.2) is 0 Å². The number of carbonyl (C=O) groups is 1. The Morgan fingerprint density at radius 2 is 2.00 bits per heavy atom. The molecule has 1 N–H and O–H groups in total. The maximum absolute atomic E-state index is 11.3. The molecule has 0 aromatic heterocycles. The molecule has 0 fully saturated rings. The highest BCUT2D eigenvalue weighted by Crippen LogP contribution is 2.32. The van der Waals surface area contributed by atoms with E-state index in [1.54, 1.807) is 13.8 Å². The van der Waals surface area contributed by atoms with Gasteiger partial charge in [-0.3, -0.25) is 9.69 Å². The summed E-state index contributed by atoms with van der Waals surface area (Å²) in [6.07, 6.45) is 0. The number of carboxylic acid groups (broad SMARTS) is 1. The summed E-state index contributed by atoms with van der Waals surface area (Å²) in [6.45, 7) is 7.93. The van der Waals surface area contributed by atoms with Crippen LogP contribution in [0.5, 0.6) is 5.75 Å². The molecule has 106 valence electrons. The fourth-order valence-corrected chi connectivity index (χ4v) is 1.96. The fourth-order valence-electron chi connectivity index (χ4n) is 1.96. The van der Waals surface area contributed by atoms with Crippen LogP contribution in [0.25, 0.3) is 0 Å². The Hall–Kier alpha value is -1.55. The van der Waals surface area contributed by atoms with Gasteiger partial charge in [-0.05, 0) is 40.8 Å². The maximum atomic E-state index is 11.3. The number of nitrogens with zero attached hydrogens (tertiary/aromatic N) is 1. The highest BCUT2D eigenvalue weighted by Gasteiger charge is 2.35. The molecule has 0 aliphatic heterocycles. The number of carboxylic acids is 1. The van der Waals surface area contributed by atoms with Crippen LogP contribution in [-0.4, -0.2) is 35.2 Å². The first kappa shape index (κ1) is 15.5. The van der Waals surface area contributed by atoms with E-state index in [9.17, 15) is 9.90 Å². The summed E-state index contributed by atoms with van der Waals surface area (Å²) >= 11 is 0. The Kier molecular flexibility index (Phi) is 4.95. The lowest BCUT2D eigenvalue weighted by molar-refractivity contribution is -0.149. The number of rotatable bonds is 6. The second kappa shape index (κ2) is 6.06. The standard InChI is InChI=1S/C15H23NO3/c1-6-19-13-10-8-7-9-12(13)11(2)16(5)15(3,4)14(17)18/h7-11H,6H2,1-5H3,(H,17,18). The van der Waals surface area contributed by atoms with E-state index >= 15 is 0 Å². The van der Waals surface area contributed by atoms with E-state index in [2.05, 4.69) is 0 Å². The molecule has 1 atom stereocenters. The summed E-state index contributed by atoms with van der Waals surface area (Å²) in [7, 11) is 1.82. The molecule has 4 nitrogen and oxygen atoms in total. The van der Waals surface area contributed by atoms with Crippen molar-refractivity contribution < 1.29 is 14.6 Å². The van der Waals surface area contributed by atoms with Crippen molar-refractivity contribution in [1.29, 1.82) is 0 Å². The Morgan fingerprint density at radius 3 is 2.53 bits per heavy atom. The number of para-hydroxylation sites is 1. The van der Waals surface area contributed by atoms with Gasteiger partial charge in [0.1, 0.15) is 11.3 Å². The van der Waals surface area contributed by atoms with Crippen molar-refractivity contribution in [2.24, 2.45) is 0 Å². The Labute approximate surface area is 115 Å². The predicted octanol–water partition coefficient (Wildman–Crippen LogP) is 2.94. The topological polar surface area (TPSA) is 49.8 Å². The van der Waals surface area contributed by atoms with Gasteiger partial charge in [0, 0.05) is 11.6 Å². The number of hydrogen-bond acceptors (Lipinski definition) is 3. The molecule has 0 aliphatic carbocycles. The fraction of sp³-hybridized carbons (Fsp3) is 0.533. The molecule has 1 unspecified atom stereocenters. The van der Waals surface area contributed by atoms with E-state index in [0.29, 0.717) is 6.61 Å². The summed E-state index contributed by atoms with van der Waals surface area (Å²) < 4.78 is 5.61. The molecular formula is C15H23NO3. The zero-order valence-electron chi connectivity index (χ0n) is 12.3. The first-order valence-corrected chi connectivity index (χ1v) is 6.50. The van der Waals surface area contributed by atoms with Gasteiger partial charge >= 0.3 is 5.97 Å². The van der Waals surface area contributed by atoms with E-state index < -0.39 is 11.5 Å². The molecule has 19 heavy (non-hydrogen) atoms. The summed E-state index contributed by atoms with van der Waals surface area (Å²) in [5.41, 5.74) is 0.0693. The maximum Gasteiger partial charge on any atom is 0.323 e. The van der Waals surface area contributed by atoms with Crippen LogP contribution in [0.1, 0.15) is 39.3 Å². The average Bonchev–Trinajstić information content (AvgIpc) is 2.38. The third-order valence-corrected chi connectivity index (χ3v) is 3.66. The molecule has 0 saturated heterocycles. The lowest BCUT2D eigenvalue weighted by Crippen LogP contribution is -2.48. The lowest BCUT2D eigenvalue weighted by Gasteiger charge is -2.37. The van der Waals surface area contributed by atoms with E-state index in [-0.39, 0.29) is 6.04 Å². The van der Waals surface area contributed by atoms with Gasteiger partial charge in [0.05, 0.1) is 6.61 Å². The zero-order valence-corrected chi connectivity index (χ0v) is 12.3. The van der Waals surface area contributed by atoms with Crippen molar-refractivity contribution in [1.82, 2.24) is 4.90 Å². The Balaban J connectivity index is 3.06. The summed E-state index contributed by atoms with van der Waals surface area (Å²) in [4.78, 5) is 13.2. The largest absolute Gasteiger partial charge is 0.494 e. The average molecular weight is 265 g/mol. The van der Waals surface area contributed by atoms with Crippen LogP contribution < -0.4 is 4.74 Å². The van der Waals surface area contributed by atoms with Crippen LogP contribution in [0.4, 0.5) is 0 Å². The third-order valence-electron chi connectivity index (χ3n) is 3.66. The smallest absolute Gasteiger partial charge is 0.323 e. The molecule has 0 aliphatic rings. The lowest BCUT2D eigenvalue weighted by atomic mass is 9.98. The highest BCUT2D eigenvalue weighted by molar-refractivity contribution is 5.77. The minimum atomic E-state index is -0.932. The normalized spacial score (nSPS) is 13.4. The van der Waals surface area contributed by atoms with E-state index in [4.69, 9.17) is 4.74 Å². The summed E-state index contributed by atoms with van der Waals surface area (Å²) in [5, 5.41) is 9.31. The molecule has 1 aromatic carbocycles. The second-order valence-corrected chi connectivity index (χ2v) is 5.12. The van der Waals surface area contributed by atoms with Crippen molar-refractivity contribution in [3.8, 4) is 5.75 Å². The number of ether oxygens (including phenoxy) is 1. The number of hydrogen-bond donors (Lipinski definition) is 1. The summed E-state index contributed by atoms with van der Waals surface area (Å²) in [6, 6.07) is 7.70. The molecule has 0 radical (unpaired) electrons. The van der Waals surface area contributed by atoms with Gasteiger partial charge in [-0.2, -0.15) is 0 Å². The minimum absolute atomic E-state index is 0.0474. The van der Waals surface area contributed by atoms with Crippen LogP contribution >= 0.6 is 0 Å². The third kappa shape index (κ3) is 3.26. The van der Waals surface area contributed by atoms with Crippen LogP contribution in [0.3, 0.4) is 0 Å². The second-order valence-electron chi connectivity index (χ2n) is 5.12. The molecule has 0 heterocycles. The SMILES string of the molecule is CCOc1ccccc1C(C)N(C)C(C)(C)C(=O)O. The molecule has 0 amide bonds. The minimum Gasteiger partial charge on any atom is -0.494 e. The van der Waals surface area contributed by atoms with Crippen molar-refractivity contribution >= 4 is 5.97 Å². The van der Waals surface area contributed by atoms with Gasteiger partial charge < -0.3 is 9.84 Å². The number of likely N-dealkylation sites (N-methyl/N-ethyl adjacent to an activating group) is 1. The van der Waals surface area contributed by atoms with Gasteiger partial charge in [-0.15, -0.1) is 0 Å². The van der Waals surface area contributed by atoms with Crippen molar-refractivity contribution in [2.45, 2.75) is 39.3 Å². The van der Waals surface area contributed by atoms with E-state index in [0.717, 1.165) is 11.3 Å². The quantitative estimate of drug-likeness (QED) is 0.859. The van der Waals surface area contributed by atoms with Crippen LogP contribution in [0.2, 0.25) is 0 Å².